The molecule has 0 saturated heterocycles. The van der Waals surface area contributed by atoms with Gasteiger partial charge in [0.1, 0.15) is 5.01 Å². The number of nitrogens with zero attached hydrogens (tertiary/aromatic N) is 1. The van der Waals surface area contributed by atoms with Gasteiger partial charge in [0, 0.05) is 36.0 Å². The van der Waals surface area contributed by atoms with Gasteiger partial charge >= 0.3 is 0 Å². The second kappa shape index (κ2) is 6.52. The van der Waals surface area contributed by atoms with Gasteiger partial charge in [0.05, 0.1) is 0 Å². The molecule has 0 aliphatic carbocycles. The number of hydrogen-bond donors (Lipinski definition) is 1. The smallest absolute Gasteiger partial charge is 0.221 e. The van der Waals surface area contributed by atoms with Crippen LogP contribution in [0.3, 0.4) is 0 Å². The summed E-state index contributed by atoms with van der Waals surface area (Å²) in [6, 6.07) is 7.94. The summed E-state index contributed by atoms with van der Waals surface area (Å²) in [6.07, 6.45) is 2.13. The molecule has 18 heavy (non-hydrogen) atoms. The molecule has 0 spiro atoms. The van der Waals surface area contributed by atoms with E-state index < -0.39 is 0 Å². The quantitative estimate of drug-likeness (QED) is 0.856. The van der Waals surface area contributed by atoms with Gasteiger partial charge in [0.25, 0.3) is 0 Å². The molecule has 0 bridgehead atoms. The highest BCUT2D eigenvalue weighted by atomic mass is 35.5. The summed E-state index contributed by atoms with van der Waals surface area (Å²) in [5.74, 6) is 0.318. The third-order valence-corrected chi connectivity index (χ3v) is 3.47. The third kappa shape index (κ3) is 3.31. The summed E-state index contributed by atoms with van der Waals surface area (Å²) in [4.78, 5) is 15.7. The number of alkyl halides is 1. The Morgan fingerprint density at radius 2 is 2.22 bits per heavy atom. The number of nitrogens with one attached hydrogen (secondary N) is 1. The molecule has 0 unspecified atom stereocenters. The summed E-state index contributed by atoms with van der Waals surface area (Å²) < 4.78 is 0. The predicted octanol–water partition coefficient (Wildman–Crippen LogP) is 3.06. The first-order valence-corrected chi connectivity index (χ1v) is 7.03. The second-order valence-electron chi connectivity index (χ2n) is 3.71. The van der Waals surface area contributed by atoms with Crippen molar-refractivity contribution in [2.75, 3.05) is 5.88 Å². The third-order valence-electron chi connectivity index (χ3n) is 2.48. The highest BCUT2D eigenvalue weighted by Crippen LogP contribution is 2.25. The molecule has 0 saturated carbocycles. The minimum absolute atomic E-state index is 0.0288. The van der Waals surface area contributed by atoms with Crippen molar-refractivity contribution in [3.63, 3.8) is 0 Å². The Bertz CT molecular complexity index is 513. The molecule has 0 atom stereocenters. The minimum Gasteiger partial charge on any atom is -0.352 e. The first-order valence-electron chi connectivity index (χ1n) is 5.61. The molecular weight excluding hydrogens is 268 g/mol. The van der Waals surface area contributed by atoms with Gasteiger partial charge in [-0.1, -0.05) is 24.3 Å². The molecule has 0 aliphatic rings. The molecule has 0 aliphatic heterocycles. The fraction of sp³-hybridized carbons (Fsp3) is 0.231. The van der Waals surface area contributed by atoms with Gasteiger partial charge in [-0.3, -0.25) is 4.79 Å². The van der Waals surface area contributed by atoms with Crippen LogP contribution < -0.4 is 5.32 Å². The number of carbonyl (C=O) groups excluding carboxylic acids is 1. The van der Waals surface area contributed by atoms with Crippen LogP contribution in [0.15, 0.2) is 35.8 Å². The lowest BCUT2D eigenvalue weighted by Gasteiger charge is -2.08. The average Bonchev–Trinajstić information content (AvgIpc) is 2.91. The highest BCUT2D eigenvalue weighted by Gasteiger charge is 2.07. The molecule has 1 amide bonds. The lowest BCUT2D eigenvalue weighted by Crippen LogP contribution is -2.23. The molecular formula is C13H13ClN2OS. The molecule has 2 rings (SSSR count). The van der Waals surface area contributed by atoms with Gasteiger partial charge in [-0.15, -0.1) is 22.9 Å². The summed E-state index contributed by atoms with van der Waals surface area (Å²) in [5.41, 5.74) is 2.13. The number of amides is 1. The zero-order chi connectivity index (χ0) is 12.8. The van der Waals surface area contributed by atoms with Gasteiger partial charge in [0.15, 0.2) is 0 Å². The lowest BCUT2D eigenvalue weighted by atomic mass is 10.1. The standard InChI is InChI=1S/C13H13ClN2OS/c14-6-5-12(17)16-9-10-3-1-2-4-11(10)13-15-7-8-18-13/h1-4,7-8H,5-6,9H2,(H,16,17). The molecule has 5 heteroatoms. The Balaban J connectivity index is 2.11. The zero-order valence-electron chi connectivity index (χ0n) is 9.73. The van der Waals surface area contributed by atoms with Crippen LogP contribution in [0.4, 0.5) is 0 Å². The van der Waals surface area contributed by atoms with Gasteiger partial charge in [-0.2, -0.15) is 0 Å². The van der Waals surface area contributed by atoms with E-state index in [2.05, 4.69) is 10.3 Å². The van der Waals surface area contributed by atoms with E-state index >= 15 is 0 Å². The fourth-order valence-corrected chi connectivity index (χ4v) is 2.48. The topological polar surface area (TPSA) is 42.0 Å². The SMILES string of the molecule is O=C(CCCl)NCc1ccccc1-c1nccs1. The van der Waals surface area contributed by atoms with Crippen LogP contribution in [0.25, 0.3) is 10.6 Å². The maximum atomic E-state index is 11.4. The number of benzene rings is 1. The van der Waals surface area contributed by atoms with Crippen LogP contribution in [0.5, 0.6) is 0 Å². The van der Waals surface area contributed by atoms with E-state index in [4.69, 9.17) is 11.6 Å². The Labute approximate surface area is 115 Å². The van der Waals surface area contributed by atoms with Gasteiger partial charge in [0.2, 0.25) is 5.91 Å². The number of carbonyl (C=O) groups is 1. The average molecular weight is 281 g/mol. The van der Waals surface area contributed by atoms with E-state index in [-0.39, 0.29) is 5.91 Å². The predicted molar refractivity (Wildman–Crippen MR) is 74.7 cm³/mol. The van der Waals surface area contributed by atoms with Crippen LogP contribution in [0, 0.1) is 0 Å². The van der Waals surface area contributed by atoms with Crippen molar-refractivity contribution in [1.82, 2.24) is 10.3 Å². The van der Waals surface area contributed by atoms with E-state index in [1.165, 1.54) is 0 Å². The number of aromatic nitrogens is 1. The maximum absolute atomic E-state index is 11.4. The van der Waals surface area contributed by atoms with E-state index in [0.717, 1.165) is 16.1 Å². The van der Waals surface area contributed by atoms with Crippen LogP contribution >= 0.6 is 22.9 Å². The highest BCUT2D eigenvalue weighted by molar-refractivity contribution is 7.13. The molecule has 0 fully saturated rings. The van der Waals surface area contributed by atoms with Gasteiger partial charge in [-0.25, -0.2) is 4.98 Å². The maximum Gasteiger partial charge on any atom is 0.221 e. The largest absolute Gasteiger partial charge is 0.352 e. The number of halogens is 1. The van der Waals surface area contributed by atoms with Crippen molar-refractivity contribution >= 4 is 28.8 Å². The van der Waals surface area contributed by atoms with Crippen molar-refractivity contribution in [2.24, 2.45) is 0 Å². The molecule has 1 aromatic heterocycles. The second-order valence-corrected chi connectivity index (χ2v) is 4.98. The molecule has 1 N–H and O–H groups in total. The van der Waals surface area contributed by atoms with Crippen LogP contribution in [-0.2, 0) is 11.3 Å². The summed E-state index contributed by atoms with van der Waals surface area (Å²) >= 11 is 7.11. The van der Waals surface area contributed by atoms with Crippen LogP contribution in [-0.4, -0.2) is 16.8 Å². The van der Waals surface area contributed by atoms with Crippen molar-refractivity contribution in [2.45, 2.75) is 13.0 Å². The lowest BCUT2D eigenvalue weighted by molar-refractivity contribution is -0.120. The number of thiazole rings is 1. The Kier molecular flexibility index (Phi) is 4.73. The molecule has 1 aromatic carbocycles. The Hall–Kier alpha value is -1.39. The van der Waals surface area contributed by atoms with Crippen LogP contribution in [0.2, 0.25) is 0 Å². The summed E-state index contributed by atoms with van der Waals surface area (Å²) in [6.45, 7) is 0.505. The zero-order valence-corrected chi connectivity index (χ0v) is 11.3. The monoisotopic (exact) mass is 280 g/mol. The molecule has 0 radical (unpaired) electrons. The molecule has 2 aromatic rings. The Morgan fingerprint density at radius 1 is 1.39 bits per heavy atom. The first kappa shape index (κ1) is 13.1. The first-order chi connectivity index (χ1) is 8.81. The van der Waals surface area contributed by atoms with E-state index in [0.29, 0.717) is 18.8 Å². The fourth-order valence-electron chi connectivity index (χ4n) is 1.61. The van der Waals surface area contributed by atoms with Crippen molar-refractivity contribution in [1.29, 1.82) is 0 Å². The van der Waals surface area contributed by atoms with E-state index in [9.17, 15) is 4.79 Å². The van der Waals surface area contributed by atoms with E-state index in [1.54, 1.807) is 17.5 Å². The Morgan fingerprint density at radius 3 is 2.94 bits per heavy atom. The van der Waals surface area contributed by atoms with Crippen molar-refractivity contribution in [3.05, 3.63) is 41.4 Å². The van der Waals surface area contributed by atoms with E-state index in [1.807, 2.05) is 29.6 Å². The molecule has 3 nitrogen and oxygen atoms in total. The van der Waals surface area contributed by atoms with Gasteiger partial charge in [-0.05, 0) is 5.56 Å². The molecule has 1 heterocycles. The minimum atomic E-state index is -0.0288. The number of hydrogen-bond acceptors (Lipinski definition) is 3. The van der Waals surface area contributed by atoms with Gasteiger partial charge < -0.3 is 5.32 Å². The summed E-state index contributed by atoms with van der Waals surface area (Å²) in [5, 5.41) is 5.77. The molecule has 94 valence electrons. The van der Waals surface area contributed by atoms with Crippen molar-refractivity contribution in [3.8, 4) is 10.6 Å². The van der Waals surface area contributed by atoms with Crippen molar-refractivity contribution < 1.29 is 4.79 Å². The summed E-state index contributed by atoms with van der Waals surface area (Å²) in [7, 11) is 0. The number of rotatable bonds is 5. The normalized spacial score (nSPS) is 10.3. The van der Waals surface area contributed by atoms with Crippen LogP contribution in [0.1, 0.15) is 12.0 Å².